The maximum atomic E-state index is 11.9. The molecule has 0 N–H and O–H groups in total. The minimum Gasteiger partial charge on any atom is -0.591 e. The van der Waals surface area contributed by atoms with Gasteiger partial charge in [0.2, 0.25) is 0 Å². The predicted octanol–water partition coefficient (Wildman–Crippen LogP) is 2.97. The fourth-order valence-electron chi connectivity index (χ4n) is 0.798. The van der Waals surface area contributed by atoms with Gasteiger partial charge in [-0.05, 0) is 20.8 Å². The number of alkyl halides is 3. The van der Waals surface area contributed by atoms with Crippen molar-refractivity contribution in [1.29, 1.82) is 0 Å². The summed E-state index contributed by atoms with van der Waals surface area (Å²) in [6.07, 6.45) is -1.76. The van der Waals surface area contributed by atoms with Gasteiger partial charge in [-0.3, -0.25) is 0 Å². The van der Waals surface area contributed by atoms with Crippen LogP contribution < -0.4 is 4.74 Å². The third kappa shape index (κ3) is 6.26. The zero-order valence-corrected chi connectivity index (χ0v) is 12.2. The Kier molecular flexibility index (Phi) is 5.22. The van der Waals surface area contributed by atoms with E-state index in [2.05, 4.69) is 14.1 Å². The summed E-state index contributed by atoms with van der Waals surface area (Å²) in [7, 11) is 0. The highest BCUT2D eigenvalue weighted by Crippen LogP contribution is 2.23. The molecule has 1 heterocycles. The number of thiazole rings is 1. The van der Waals surface area contributed by atoms with Gasteiger partial charge < -0.3 is 9.29 Å². The smallest absolute Gasteiger partial charge is 0.422 e. The Balaban J connectivity index is 2.58. The number of hydrogen-bond acceptors (Lipinski definition) is 5. The van der Waals surface area contributed by atoms with Crippen molar-refractivity contribution in [3.05, 3.63) is 11.1 Å². The number of aromatic nitrogens is 1. The van der Waals surface area contributed by atoms with Crippen molar-refractivity contribution in [2.75, 3.05) is 6.61 Å². The molecule has 0 aliphatic heterocycles. The van der Waals surface area contributed by atoms with E-state index in [-0.39, 0.29) is 5.19 Å². The molecule has 0 saturated carbocycles. The molecular formula is C10H13F3N2O2S2. The molecule has 0 fully saturated rings. The molecule has 0 amide bonds. The molecule has 9 heteroatoms. The van der Waals surface area contributed by atoms with Crippen LogP contribution in [0, 0.1) is 0 Å². The zero-order valence-electron chi connectivity index (χ0n) is 10.5. The Labute approximate surface area is 116 Å². The lowest BCUT2D eigenvalue weighted by molar-refractivity contribution is -0.153. The van der Waals surface area contributed by atoms with Gasteiger partial charge in [-0.1, -0.05) is 15.7 Å². The van der Waals surface area contributed by atoms with E-state index in [9.17, 15) is 17.7 Å². The van der Waals surface area contributed by atoms with E-state index in [1.165, 1.54) is 12.4 Å². The Morgan fingerprint density at radius 3 is 2.63 bits per heavy atom. The molecule has 1 rings (SSSR count). The molecular weight excluding hydrogens is 301 g/mol. The van der Waals surface area contributed by atoms with E-state index in [4.69, 9.17) is 0 Å². The largest absolute Gasteiger partial charge is 0.591 e. The first-order valence-corrected chi connectivity index (χ1v) is 7.12. The van der Waals surface area contributed by atoms with Crippen LogP contribution in [0.2, 0.25) is 0 Å². The second kappa shape index (κ2) is 6.10. The quantitative estimate of drug-likeness (QED) is 0.634. The summed E-state index contributed by atoms with van der Waals surface area (Å²) in [5.41, 5.74) is 0. The molecule has 0 bridgehead atoms. The summed E-state index contributed by atoms with van der Waals surface area (Å²) in [5.74, 6) is 0. The van der Waals surface area contributed by atoms with Crippen LogP contribution in [0.3, 0.4) is 0 Å². The molecule has 1 aromatic rings. The number of halogens is 3. The lowest BCUT2D eigenvalue weighted by Crippen LogP contribution is -2.25. The van der Waals surface area contributed by atoms with Crippen molar-refractivity contribution in [3.63, 3.8) is 0 Å². The van der Waals surface area contributed by atoms with Gasteiger partial charge in [0.1, 0.15) is 16.1 Å². The molecule has 0 aromatic carbocycles. The minimum atomic E-state index is -4.40. The first-order chi connectivity index (χ1) is 8.58. The third-order valence-corrected chi connectivity index (χ3v) is 3.85. The average Bonchev–Trinajstić information content (AvgIpc) is 2.68. The van der Waals surface area contributed by atoms with Gasteiger partial charge in [-0.2, -0.15) is 13.2 Å². The van der Waals surface area contributed by atoms with Crippen molar-refractivity contribution < 1.29 is 22.5 Å². The molecule has 0 saturated heterocycles. The second-order valence-electron chi connectivity index (χ2n) is 4.53. The standard InChI is InChI=1S/C10H13F3N2O2S2/c1-9(2,3)19(16)15-5-7-4-14-8(18-7)17-6-10(11,12)13/h4-5H,6H2,1-3H3/b15-5+. The fraction of sp³-hybridized carbons (Fsp3) is 0.600. The minimum absolute atomic E-state index is 0.0969. The summed E-state index contributed by atoms with van der Waals surface area (Å²) in [5, 5.41) is -0.0969. The molecule has 19 heavy (non-hydrogen) atoms. The zero-order chi connectivity index (χ0) is 14.7. The predicted molar refractivity (Wildman–Crippen MR) is 69.2 cm³/mol. The molecule has 0 spiro atoms. The van der Waals surface area contributed by atoms with Gasteiger partial charge in [0, 0.05) is 0 Å². The van der Waals surface area contributed by atoms with E-state index in [1.807, 2.05) is 0 Å². The number of hydrogen-bond donors (Lipinski definition) is 0. The van der Waals surface area contributed by atoms with Gasteiger partial charge >= 0.3 is 6.18 Å². The average molecular weight is 314 g/mol. The lowest BCUT2D eigenvalue weighted by atomic mass is 10.3. The Bertz CT molecular complexity index is 441. The van der Waals surface area contributed by atoms with Crippen molar-refractivity contribution in [2.45, 2.75) is 31.7 Å². The SMILES string of the molecule is CC(C)(C)[S+]([O-])/N=C/c1cnc(OCC(F)(F)F)s1. The molecule has 108 valence electrons. The van der Waals surface area contributed by atoms with Gasteiger partial charge in [0.05, 0.1) is 17.3 Å². The summed E-state index contributed by atoms with van der Waals surface area (Å²) < 4.78 is 55.2. The van der Waals surface area contributed by atoms with Crippen LogP contribution in [0.4, 0.5) is 13.2 Å². The molecule has 1 atom stereocenters. The Morgan fingerprint density at radius 2 is 2.11 bits per heavy atom. The fourth-order valence-corrected chi connectivity index (χ4v) is 2.03. The Hall–Kier alpha value is -0.800. The lowest BCUT2D eigenvalue weighted by Gasteiger charge is -2.17. The van der Waals surface area contributed by atoms with Gasteiger partial charge in [0.25, 0.3) is 5.19 Å². The van der Waals surface area contributed by atoms with Crippen molar-refractivity contribution in [1.82, 2.24) is 4.98 Å². The highest BCUT2D eigenvalue weighted by atomic mass is 32.2. The topological polar surface area (TPSA) is 57.5 Å². The second-order valence-corrected chi connectivity index (χ2v) is 7.49. The monoisotopic (exact) mass is 314 g/mol. The molecule has 4 nitrogen and oxygen atoms in total. The van der Waals surface area contributed by atoms with Gasteiger partial charge in [0.15, 0.2) is 6.61 Å². The maximum absolute atomic E-state index is 11.9. The molecule has 1 aromatic heterocycles. The normalized spacial score (nSPS) is 14.9. The van der Waals surface area contributed by atoms with Crippen molar-refractivity contribution in [3.8, 4) is 5.19 Å². The van der Waals surface area contributed by atoms with E-state index >= 15 is 0 Å². The molecule has 0 radical (unpaired) electrons. The Morgan fingerprint density at radius 1 is 1.47 bits per heavy atom. The summed E-state index contributed by atoms with van der Waals surface area (Å²) in [6.45, 7) is 3.92. The summed E-state index contributed by atoms with van der Waals surface area (Å²) in [6, 6.07) is 0. The highest BCUT2D eigenvalue weighted by Gasteiger charge is 2.29. The van der Waals surface area contributed by atoms with Crippen LogP contribution in [0.1, 0.15) is 25.6 Å². The van der Waals surface area contributed by atoms with Crippen molar-refractivity contribution >= 4 is 28.9 Å². The van der Waals surface area contributed by atoms with E-state index in [0.29, 0.717) is 4.88 Å². The van der Waals surface area contributed by atoms with Crippen LogP contribution in [-0.4, -0.2) is 33.3 Å². The third-order valence-electron chi connectivity index (χ3n) is 1.66. The first-order valence-electron chi connectivity index (χ1n) is 5.19. The van der Waals surface area contributed by atoms with Crippen molar-refractivity contribution in [2.24, 2.45) is 4.40 Å². The van der Waals surface area contributed by atoms with Crippen LogP contribution >= 0.6 is 11.3 Å². The highest BCUT2D eigenvalue weighted by molar-refractivity contribution is 7.91. The van der Waals surface area contributed by atoms with Gasteiger partial charge in [-0.25, -0.2) is 4.98 Å². The number of nitrogens with zero attached hydrogens (tertiary/aromatic N) is 2. The summed E-state index contributed by atoms with van der Waals surface area (Å²) >= 11 is -0.510. The number of ether oxygens (including phenoxy) is 1. The van der Waals surface area contributed by atoms with Gasteiger partial charge in [-0.15, -0.1) is 0 Å². The van der Waals surface area contributed by atoms with E-state index in [1.54, 1.807) is 20.8 Å². The first kappa shape index (κ1) is 16.3. The van der Waals surface area contributed by atoms with E-state index in [0.717, 1.165) is 11.3 Å². The molecule has 1 unspecified atom stereocenters. The van der Waals surface area contributed by atoms with Crippen LogP contribution in [0.15, 0.2) is 10.6 Å². The molecule has 0 aliphatic carbocycles. The number of rotatable bonds is 4. The van der Waals surface area contributed by atoms with Crippen LogP contribution in [0.5, 0.6) is 5.19 Å². The van der Waals surface area contributed by atoms with Crippen LogP contribution in [-0.2, 0) is 11.4 Å². The maximum Gasteiger partial charge on any atom is 0.422 e. The van der Waals surface area contributed by atoms with Crippen LogP contribution in [0.25, 0.3) is 0 Å². The summed E-state index contributed by atoms with van der Waals surface area (Å²) in [4.78, 5) is 4.15. The van der Waals surface area contributed by atoms with E-state index < -0.39 is 28.9 Å². The molecule has 0 aliphatic rings.